The first kappa shape index (κ1) is 20.7. The molecule has 0 saturated carbocycles. The normalized spacial score (nSPS) is 14.8. The number of hydrazine groups is 1. The van der Waals surface area contributed by atoms with Gasteiger partial charge in [-0.05, 0) is 36.0 Å². The van der Waals surface area contributed by atoms with Crippen LogP contribution < -0.4 is 10.2 Å². The van der Waals surface area contributed by atoms with Crippen LogP contribution in [0.1, 0.15) is 29.9 Å². The third-order valence-corrected chi connectivity index (χ3v) is 4.89. The molecule has 0 aliphatic carbocycles. The van der Waals surface area contributed by atoms with E-state index >= 15 is 0 Å². The van der Waals surface area contributed by atoms with E-state index in [1.54, 1.807) is 0 Å². The molecule has 1 aliphatic rings. The van der Waals surface area contributed by atoms with E-state index in [0.29, 0.717) is 24.8 Å². The highest BCUT2D eigenvalue weighted by molar-refractivity contribution is 5.71. The molecule has 0 radical (unpaired) electrons. The van der Waals surface area contributed by atoms with Crippen LogP contribution in [0, 0.1) is 0 Å². The van der Waals surface area contributed by atoms with E-state index in [1.165, 1.54) is 7.11 Å². The van der Waals surface area contributed by atoms with Crippen molar-refractivity contribution in [1.29, 1.82) is 0 Å². The fourth-order valence-corrected chi connectivity index (χ4v) is 3.33. The van der Waals surface area contributed by atoms with Crippen molar-refractivity contribution in [3.8, 4) is 5.75 Å². The SMILES string of the molecule is COC(=O)COc1ccccc1C1CCN(NC(=O)OCc2ccccc2)CC1. The summed E-state index contributed by atoms with van der Waals surface area (Å²) in [5, 5.41) is 1.88. The van der Waals surface area contributed by atoms with Crippen molar-refractivity contribution in [2.45, 2.75) is 25.4 Å². The van der Waals surface area contributed by atoms with Crippen LogP contribution in [0.15, 0.2) is 54.6 Å². The Kier molecular flexibility index (Phi) is 7.47. The Bertz CT molecular complexity index is 804. The number of para-hydroxylation sites is 1. The molecular weight excluding hydrogens is 372 g/mol. The molecule has 2 aromatic rings. The Hall–Kier alpha value is -3.06. The standard InChI is InChI=1S/C22H26N2O5/c1-27-21(25)16-28-20-10-6-5-9-19(20)18-11-13-24(14-12-18)23-22(26)29-15-17-7-3-2-4-8-17/h2-10,18H,11-16H2,1H3,(H,23,26). The maximum atomic E-state index is 12.0. The summed E-state index contributed by atoms with van der Waals surface area (Å²) in [7, 11) is 1.34. The number of esters is 1. The summed E-state index contributed by atoms with van der Waals surface area (Å²) in [4.78, 5) is 23.4. The minimum absolute atomic E-state index is 0.110. The Morgan fingerprint density at radius 1 is 1.03 bits per heavy atom. The number of amides is 1. The molecule has 0 bridgehead atoms. The molecule has 1 amide bonds. The largest absolute Gasteiger partial charge is 0.482 e. The maximum absolute atomic E-state index is 12.0. The molecule has 154 valence electrons. The van der Waals surface area contributed by atoms with Crippen molar-refractivity contribution in [3.63, 3.8) is 0 Å². The van der Waals surface area contributed by atoms with Gasteiger partial charge in [0, 0.05) is 13.1 Å². The molecule has 29 heavy (non-hydrogen) atoms. The summed E-state index contributed by atoms with van der Waals surface area (Å²) < 4.78 is 15.5. The topological polar surface area (TPSA) is 77.1 Å². The number of rotatable bonds is 7. The van der Waals surface area contributed by atoms with Crippen LogP contribution >= 0.6 is 0 Å². The quantitative estimate of drug-likeness (QED) is 0.722. The van der Waals surface area contributed by atoms with Crippen molar-refractivity contribution >= 4 is 12.1 Å². The molecule has 2 aromatic carbocycles. The second-order valence-corrected chi connectivity index (χ2v) is 6.84. The number of carbonyl (C=O) groups is 2. The first-order valence-corrected chi connectivity index (χ1v) is 9.66. The average Bonchev–Trinajstić information content (AvgIpc) is 2.77. The number of ether oxygens (including phenoxy) is 3. The molecule has 0 unspecified atom stereocenters. The van der Waals surface area contributed by atoms with Gasteiger partial charge in [-0.3, -0.25) is 5.43 Å². The molecule has 0 spiro atoms. The average molecular weight is 398 g/mol. The Morgan fingerprint density at radius 3 is 2.45 bits per heavy atom. The first-order chi connectivity index (χ1) is 14.2. The summed E-state index contributed by atoms with van der Waals surface area (Å²) in [5.41, 5.74) is 4.82. The van der Waals surface area contributed by atoms with Crippen LogP contribution in [-0.4, -0.2) is 43.9 Å². The highest BCUT2D eigenvalue weighted by atomic mass is 16.6. The molecule has 1 saturated heterocycles. The molecule has 0 aromatic heterocycles. The first-order valence-electron chi connectivity index (χ1n) is 9.66. The van der Waals surface area contributed by atoms with Gasteiger partial charge in [0.25, 0.3) is 0 Å². The van der Waals surface area contributed by atoms with Gasteiger partial charge in [0.05, 0.1) is 7.11 Å². The second kappa shape index (κ2) is 10.5. The van der Waals surface area contributed by atoms with Crippen molar-refractivity contribution in [2.24, 2.45) is 0 Å². The fourth-order valence-electron chi connectivity index (χ4n) is 3.33. The van der Waals surface area contributed by atoms with Crippen LogP contribution in [0.4, 0.5) is 4.79 Å². The predicted molar refractivity (Wildman–Crippen MR) is 107 cm³/mol. The third-order valence-electron chi connectivity index (χ3n) is 4.89. The van der Waals surface area contributed by atoms with E-state index in [-0.39, 0.29) is 13.2 Å². The molecular formula is C22H26N2O5. The van der Waals surface area contributed by atoms with Crippen molar-refractivity contribution in [1.82, 2.24) is 10.4 Å². The van der Waals surface area contributed by atoms with Gasteiger partial charge >= 0.3 is 12.1 Å². The summed E-state index contributed by atoms with van der Waals surface area (Å²) >= 11 is 0. The van der Waals surface area contributed by atoms with Gasteiger partial charge in [-0.2, -0.15) is 0 Å². The zero-order valence-corrected chi connectivity index (χ0v) is 16.5. The number of nitrogens with zero attached hydrogens (tertiary/aromatic N) is 1. The highest BCUT2D eigenvalue weighted by Gasteiger charge is 2.24. The van der Waals surface area contributed by atoms with Crippen molar-refractivity contribution in [2.75, 3.05) is 26.8 Å². The third kappa shape index (κ3) is 6.22. The van der Waals surface area contributed by atoms with E-state index in [0.717, 1.165) is 24.0 Å². The van der Waals surface area contributed by atoms with Gasteiger partial charge in [-0.25, -0.2) is 14.6 Å². The summed E-state index contributed by atoms with van der Waals surface area (Å²) in [6.07, 6.45) is 1.27. The number of hydrogen-bond acceptors (Lipinski definition) is 6. The van der Waals surface area contributed by atoms with Crippen molar-refractivity contribution in [3.05, 3.63) is 65.7 Å². The van der Waals surface area contributed by atoms with Crippen molar-refractivity contribution < 1.29 is 23.8 Å². The van der Waals surface area contributed by atoms with Crippen LogP contribution in [0.3, 0.4) is 0 Å². The fraction of sp³-hybridized carbons (Fsp3) is 0.364. The molecule has 7 nitrogen and oxygen atoms in total. The minimum Gasteiger partial charge on any atom is -0.482 e. The van der Waals surface area contributed by atoms with E-state index < -0.39 is 12.1 Å². The Labute approximate surface area is 170 Å². The summed E-state index contributed by atoms with van der Waals surface area (Å²) in [5.74, 6) is 0.585. The molecule has 0 atom stereocenters. The number of benzene rings is 2. The van der Waals surface area contributed by atoms with Gasteiger partial charge in [0.15, 0.2) is 6.61 Å². The molecule has 1 aliphatic heterocycles. The van der Waals surface area contributed by atoms with Crippen LogP contribution in [-0.2, 0) is 20.9 Å². The zero-order valence-electron chi connectivity index (χ0n) is 16.5. The van der Waals surface area contributed by atoms with Gasteiger partial charge in [-0.1, -0.05) is 48.5 Å². The molecule has 7 heteroatoms. The smallest absolute Gasteiger partial charge is 0.422 e. The van der Waals surface area contributed by atoms with Gasteiger partial charge in [0.1, 0.15) is 12.4 Å². The minimum atomic E-state index is -0.450. The molecule has 3 rings (SSSR count). The molecule has 1 heterocycles. The Balaban J connectivity index is 1.46. The van der Waals surface area contributed by atoms with E-state index in [4.69, 9.17) is 9.47 Å². The molecule has 1 fully saturated rings. The number of methoxy groups -OCH3 is 1. The van der Waals surface area contributed by atoms with E-state index in [2.05, 4.69) is 10.2 Å². The van der Waals surface area contributed by atoms with Gasteiger partial charge in [-0.15, -0.1) is 0 Å². The van der Waals surface area contributed by atoms with E-state index in [9.17, 15) is 9.59 Å². The number of hydrogen-bond donors (Lipinski definition) is 1. The summed E-state index contributed by atoms with van der Waals surface area (Å²) in [6.45, 7) is 1.54. The zero-order chi connectivity index (χ0) is 20.5. The highest BCUT2D eigenvalue weighted by Crippen LogP contribution is 2.33. The second-order valence-electron chi connectivity index (χ2n) is 6.84. The van der Waals surface area contributed by atoms with Crippen LogP contribution in [0.5, 0.6) is 5.75 Å². The Morgan fingerprint density at radius 2 is 1.72 bits per heavy atom. The molecule has 1 N–H and O–H groups in total. The van der Waals surface area contributed by atoms with Crippen LogP contribution in [0.2, 0.25) is 0 Å². The number of piperidine rings is 1. The number of nitrogens with one attached hydrogen (secondary N) is 1. The maximum Gasteiger partial charge on any atom is 0.422 e. The lowest BCUT2D eigenvalue weighted by Gasteiger charge is -2.32. The lowest BCUT2D eigenvalue weighted by Crippen LogP contribution is -2.46. The van der Waals surface area contributed by atoms with Gasteiger partial charge < -0.3 is 14.2 Å². The summed E-state index contributed by atoms with van der Waals surface area (Å²) in [6, 6.07) is 17.3. The lowest BCUT2D eigenvalue weighted by molar-refractivity contribution is -0.142. The van der Waals surface area contributed by atoms with Crippen LogP contribution in [0.25, 0.3) is 0 Å². The van der Waals surface area contributed by atoms with Gasteiger partial charge in [0.2, 0.25) is 0 Å². The number of carbonyl (C=O) groups excluding carboxylic acids is 2. The monoisotopic (exact) mass is 398 g/mol. The predicted octanol–water partition coefficient (Wildman–Crippen LogP) is 3.26. The lowest BCUT2D eigenvalue weighted by atomic mass is 9.89. The van der Waals surface area contributed by atoms with E-state index in [1.807, 2.05) is 59.6 Å².